The third kappa shape index (κ3) is 5.44. The van der Waals surface area contributed by atoms with Crippen LogP contribution in [0.1, 0.15) is 50.3 Å². The van der Waals surface area contributed by atoms with Gasteiger partial charge in [-0.15, -0.1) is 0 Å². The number of likely N-dealkylation sites (tertiary alicyclic amines) is 1. The molecule has 0 atom stereocenters. The van der Waals surface area contributed by atoms with Gasteiger partial charge in [-0.3, -0.25) is 4.90 Å². The first-order valence-electron chi connectivity index (χ1n) is 8.37. The maximum atomic E-state index is 3.65. The summed E-state index contributed by atoms with van der Waals surface area (Å²) in [7, 11) is 0. The second-order valence-corrected chi connectivity index (χ2v) is 7.77. The summed E-state index contributed by atoms with van der Waals surface area (Å²) in [5, 5.41) is 3.65. The standard InChI is InChI=1S/C19H32N2/c1-15-6-7-18(12-16(15)2)14-21-10-8-17(9-11-21)13-20-19(3,4)5/h6-7,12,17,20H,8-11,13-14H2,1-5H3. The third-order valence-electron chi connectivity index (χ3n) is 4.61. The number of benzene rings is 1. The van der Waals surface area contributed by atoms with Gasteiger partial charge in [0.2, 0.25) is 0 Å². The summed E-state index contributed by atoms with van der Waals surface area (Å²) < 4.78 is 0. The number of hydrogen-bond acceptors (Lipinski definition) is 2. The molecule has 1 heterocycles. The number of nitrogens with one attached hydrogen (secondary N) is 1. The van der Waals surface area contributed by atoms with Crippen LogP contribution in [0.2, 0.25) is 0 Å². The molecule has 0 bridgehead atoms. The highest BCUT2D eigenvalue weighted by Gasteiger charge is 2.20. The van der Waals surface area contributed by atoms with Crippen molar-refractivity contribution in [2.75, 3.05) is 19.6 Å². The molecule has 0 radical (unpaired) electrons. The SMILES string of the molecule is Cc1ccc(CN2CCC(CNC(C)(C)C)CC2)cc1C. The van der Waals surface area contributed by atoms with E-state index < -0.39 is 0 Å². The van der Waals surface area contributed by atoms with Crippen molar-refractivity contribution in [3.05, 3.63) is 34.9 Å². The highest BCUT2D eigenvalue weighted by molar-refractivity contribution is 5.29. The van der Waals surface area contributed by atoms with Crippen LogP contribution in [0.25, 0.3) is 0 Å². The van der Waals surface area contributed by atoms with Gasteiger partial charge < -0.3 is 5.32 Å². The second kappa shape index (κ2) is 6.93. The van der Waals surface area contributed by atoms with Crippen molar-refractivity contribution in [1.82, 2.24) is 10.2 Å². The highest BCUT2D eigenvalue weighted by atomic mass is 15.1. The lowest BCUT2D eigenvalue weighted by Crippen LogP contribution is -2.42. The van der Waals surface area contributed by atoms with Crippen LogP contribution in [0.15, 0.2) is 18.2 Å². The lowest BCUT2D eigenvalue weighted by molar-refractivity contribution is 0.170. The molecule has 2 nitrogen and oxygen atoms in total. The van der Waals surface area contributed by atoms with E-state index in [1.54, 1.807) is 0 Å². The lowest BCUT2D eigenvalue weighted by Gasteiger charge is -2.33. The van der Waals surface area contributed by atoms with Crippen molar-refractivity contribution >= 4 is 0 Å². The normalized spacial score (nSPS) is 18.1. The predicted molar refractivity (Wildman–Crippen MR) is 91.7 cm³/mol. The topological polar surface area (TPSA) is 15.3 Å². The molecule has 1 fully saturated rings. The van der Waals surface area contributed by atoms with E-state index in [1.165, 1.54) is 49.2 Å². The van der Waals surface area contributed by atoms with Crippen molar-refractivity contribution in [3.63, 3.8) is 0 Å². The summed E-state index contributed by atoms with van der Waals surface area (Å²) in [6.07, 6.45) is 2.65. The molecular weight excluding hydrogens is 256 g/mol. The fraction of sp³-hybridized carbons (Fsp3) is 0.684. The molecule has 0 unspecified atom stereocenters. The van der Waals surface area contributed by atoms with Crippen LogP contribution in [0.5, 0.6) is 0 Å². The molecule has 1 aliphatic rings. The Labute approximate surface area is 130 Å². The molecule has 21 heavy (non-hydrogen) atoms. The zero-order chi connectivity index (χ0) is 15.5. The van der Waals surface area contributed by atoms with Gasteiger partial charge in [0.25, 0.3) is 0 Å². The van der Waals surface area contributed by atoms with Crippen LogP contribution >= 0.6 is 0 Å². The highest BCUT2D eigenvalue weighted by Crippen LogP contribution is 2.20. The average Bonchev–Trinajstić information content (AvgIpc) is 2.41. The van der Waals surface area contributed by atoms with Crippen molar-refractivity contribution in [2.24, 2.45) is 5.92 Å². The van der Waals surface area contributed by atoms with E-state index in [2.05, 4.69) is 63.0 Å². The fourth-order valence-corrected chi connectivity index (χ4v) is 2.96. The zero-order valence-electron chi connectivity index (χ0n) is 14.5. The molecule has 0 aromatic heterocycles. The van der Waals surface area contributed by atoms with Crippen LogP contribution in [-0.4, -0.2) is 30.1 Å². The minimum Gasteiger partial charge on any atom is -0.312 e. The van der Waals surface area contributed by atoms with Gasteiger partial charge in [0.1, 0.15) is 0 Å². The first-order valence-corrected chi connectivity index (χ1v) is 8.37. The quantitative estimate of drug-likeness (QED) is 0.904. The Bertz CT molecular complexity index is 451. The Morgan fingerprint density at radius 2 is 1.76 bits per heavy atom. The Kier molecular flexibility index (Phi) is 5.45. The van der Waals surface area contributed by atoms with Crippen molar-refractivity contribution in [1.29, 1.82) is 0 Å². The first-order chi connectivity index (χ1) is 9.83. The number of piperidine rings is 1. The van der Waals surface area contributed by atoms with E-state index in [0.717, 1.165) is 12.5 Å². The molecule has 1 aromatic carbocycles. The van der Waals surface area contributed by atoms with Crippen LogP contribution in [-0.2, 0) is 6.54 Å². The molecular formula is C19H32N2. The summed E-state index contributed by atoms with van der Waals surface area (Å²) in [6, 6.07) is 6.89. The van der Waals surface area contributed by atoms with E-state index in [9.17, 15) is 0 Å². The van der Waals surface area contributed by atoms with Gasteiger partial charge in [-0.05, 0) is 89.7 Å². The summed E-state index contributed by atoms with van der Waals surface area (Å²) >= 11 is 0. The van der Waals surface area contributed by atoms with Crippen molar-refractivity contribution in [2.45, 2.75) is 59.5 Å². The van der Waals surface area contributed by atoms with E-state index in [-0.39, 0.29) is 5.54 Å². The molecule has 2 rings (SSSR count). The van der Waals surface area contributed by atoms with Gasteiger partial charge in [0.05, 0.1) is 0 Å². The monoisotopic (exact) mass is 288 g/mol. The molecule has 1 aliphatic heterocycles. The molecule has 1 aromatic rings. The molecule has 2 heteroatoms. The predicted octanol–water partition coefficient (Wildman–Crippen LogP) is 3.90. The van der Waals surface area contributed by atoms with E-state index in [1.807, 2.05) is 0 Å². The minimum atomic E-state index is 0.247. The Balaban J connectivity index is 1.77. The van der Waals surface area contributed by atoms with Gasteiger partial charge in [-0.1, -0.05) is 18.2 Å². The smallest absolute Gasteiger partial charge is 0.0233 e. The minimum absolute atomic E-state index is 0.247. The van der Waals surface area contributed by atoms with Crippen LogP contribution in [0.3, 0.4) is 0 Å². The summed E-state index contributed by atoms with van der Waals surface area (Å²) in [6.45, 7) is 15.9. The van der Waals surface area contributed by atoms with Crippen molar-refractivity contribution < 1.29 is 0 Å². The molecule has 118 valence electrons. The van der Waals surface area contributed by atoms with Gasteiger partial charge in [-0.25, -0.2) is 0 Å². The maximum absolute atomic E-state index is 3.65. The Morgan fingerprint density at radius 3 is 2.33 bits per heavy atom. The zero-order valence-corrected chi connectivity index (χ0v) is 14.5. The van der Waals surface area contributed by atoms with Crippen molar-refractivity contribution in [3.8, 4) is 0 Å². The second-order valence-electron chi connectivity index (χ2n) is 7.77. The maximum Gasteiger partial charge on any atom is 0.0233 e. The van der Waals surface area contributed by atoms with Gasteiger partial charge >= 0.3 is 0 Å². The fourth-order valence-electron chi connectivity index (χ4n) is 2.96. The average molecular weight is 288 g/mol. The molecule has 0 spiro atoms. The van der Waals surface area contributed by atoms with Crippen LogP contribution in [0.4, 0.5) is 0 Å². The van der Waals surface area contributed by atoms with E-state index in [4.69, 9.17) is 0 Å². The number of nitrogens with zero attached hydrogens (tertiary/aromatic N) is 1. The number of rotatable bonds is 4. The first kappa shape index (κ1) is 16.5. The number of hydrogen-bond donors (Lipinski definition) is 1. The molecule has 0 amide bonds. The Morgan fingerprint density at radius 1 is 1.10 bits per heavy atom. The lowest BCUT2D eigenvalue weighted by atomic mass is 9.95. The summed E-state index contributed by atoms with van der Waals surface area (Å²) in [4.78, 5) is 2.61. The largest absolute Gasteiger partial charge is 0.312 e. The molecule has 0 aliphatic carbocycles. The Hall–Kier alpha value is -0.860. The van der Waals surface area contributed by atoms with Gasteiger partial charge in [0.15, 0.2) is 0 Å². The van der Waals surface area contributed by atoms with Crippen LogP contribution in [0, 0.1) is 19.8 Å². The van der Waals surface area contributed by atoms with Gasteiger partial charge in [-0.2, -0.15) is 0 Å². The van der Waals surface area contributed by atoms with Gasteiger partial charge in [0, 0.05) is 12.1 Å². The third-order valence-corrected chi connectivity index (χ3v) is 4.61. The molecule has 1 saturated heterocycles. The van der Waals surface area contributed by atoms with Crippen LogP contribution < -0.4 is 5.32 Å². The molecule has 1 N–H and O–H groups in total. The summed E-state index contributed by atoms with van der Waals surface area (Å²) in [5.74, 6) is 0.847. The molecule has 0 saturated carbocycles. The van der Waals surface area contributed by atoms with E-state index in [0.29, 0.717) is 0 Å². The number of aryl methyl sites for hydroxylation is 2. The summed E-state index contributed by atoms with van der Waals surface area (Å²) in [5.41, 5.74) is 4.52. The van der Waals surface area contributed by atoms with E-state index >= 15 is 0 Å².